The lowest BCUT2D eigenvalue weighted by molar-refractivity contribution is -0.307. The molecule has 0 aliphatic heterocycles. The minimum absolute atomic E-state index is 0.154. The Balaban J connectivity index is 1.96. The molecule has 1 heterocycles. The van der Waals surface area contributed by atoms with Gasteiger partial charge in [0, 0.05) is 37.2 Å². The van der Waals surface area contributed by atoms with Gasteiger partial charge in [-0.3, -0.25) is 4.79 Å². The highest BCUT2D eigenvalue weighted by molar-refractivity contribution is 5.94. The fraction of sp³-hybridized carbons (Fsp3) is 0.414. The van der Waals surface area contributed by atoms with Crippen molar-refractivity contribution in [1.29, 1.82) is 0 Å². The van der Waals surface area contributed by atoms with Gasteiger partial charge in [0.15, 0.2) is 5.69 Å². The van der Waals surface area contributed by atoms with E-state index in [2.05, 4.69) is 5.10 Å². The van der Waals surface area contributed by atoms with E-state index in [1.165, 1.54) is 35.2 Å². The van der Waals surface area contributed by atoms with Crippen LogP contribution in [0.4, 0.5) is 8.78 Å². The van der Waals surface area contributed by atoms with E-state index in [0.717, 1.165) is 0 Å². The summed E-state index contributed by atoms with van der Waals surface area (Å²) in [5.74, 6) is -2.74. The smallest absolute Gasteiger partial charge is 0.274 e. The summed E-state index contributed by atoms with van der Waals surface area (Å²) in [6, 6.07) is 10.4. The number of carboxylic acid groups (broad SMARTS) is 1. The van der Waals surface area contributed by atoms with Crippen LogP contribution in [0.3, 0.4) is 0 Å². The second-order valence-corrected chi connectivity index (χ2v) is 10.2. The molecule has 0 spiro atoms. The average molecular weight is 543 g/mol. The number of amides is 1. The number of hydrogen-bond acceptors (Lipinski definition) is 6. The van der Waals surface area contributed by atoms with E-state index in [1.807, 2.05) is 13.8 Å². The van der Waals surface area contributed by atoms with Gasteiger partial charge in [-0.2, -0.15) is 5.10 Å². The molecule has 3 aromatic rings. The van der Waals surface area contributed by atoms with Crippen molar-refractivity contribution in [3.8, 4) is 5.69 Å². The Bertz CT molecular complexity index is 1310. The van der Waals surface area contributed by atoms with Crippen LogP contribution in [0.15, 0.2) is 42.5 Å². The predicted molar refractivity (Wildman–Crippen MR) is 139 cm³/mol. The van der Waals surface area contributed by atoms with Crippen molar-refractivity contribution in [2.45, 2.75) is 71.1 Å². The number of nitrogens with zero attached hydrogens (tertiary/aromatic N) is 3. The van der Waals surface area contributed by atoms with E-state index in [9.17, 15) is 33.7 Å². The highest BCUT2D eigenvalue weighted by atomic mass is 19.1. The lowest BCUT2D eigenvalue weighted by Gasteiger charge is -2.19. The molecular weight excluding hydrogens is 508 g/mol. The van der Waals surface area contributed by atoms with Crippen LogP contribution in [0.2, 0.25) is 0 Å². The van der Waals surface area contributed by atoms with Crippen LogP contribution in [0, 0.1) is 18.6 Å². The first-order valence-electron chi connectivity index (χ1n) is 12.8. The maximum atomic E-state index is 14.1. The van der Waals surface area contributed by atoms with Gasteiger partial charge < -0.3 is 25.0 Å². The van der Waals surface area contributed by atoms with E-state index in [-0.39, 0.29) is 49.1 Å². The van der Waals surface area contributed by atoms with E-state index in [4.69, 9.17) is 0 Å². The molecule has 0 saturated carbocycles. The Morgan fingerprint density at radius 3 is 2.33 bits per heavy atom. The van der Waals surface area contributed by atoms with Gasteiger partial charge in [0.1, 0.15) is 11.6 Å². The van der Waals surface area contributed by atoms with E-state index in [0.29, 0.717) is 28.1 Å². The third-order valence-corrected chi connectivity index (χ3v) is 6.54. The first kappa shape index (κ1) is 29.9. The fourth-order valence-corrected chi connectivity index (χ4v) is 4.54. The SMILES string of the molecule is Cc1ccc(CN(C)C(=O)c2nn(-c3ccc(F)cc3)c(CC[C@@H](O)C[C@@H](O)CC(=O)[O-])c2C(C)C)cc1F. The zero-order chi connectivity index (χ0) is 28.9. The molecule has 210 valence electrons. The van der Waals surface area contributed by atoms with Gasteiger partial charge in [-0.1, -0.05) is 26.0 Å². The number of carbonyl (C=O) groups is 2. The van der Waals surface area contributed by atoms with Gasteiger partial charge in [-0.25, -0.2) is 13.5 Å². The Kier molecular flexibility index (Phi) is 9.93. The van der Waals surface area contributed by atoms with Gasteiger partial charge in [-0.05, 0) is 73.6 Å². The molecule has 0 bridgehead atoms. The molecule has 1 aromatic heterocycles. The molecule has 2 N–H and O–H groups in total. The molecule has 0 aliphatic carbocycles. The molecule has 0 aliphatic rings. The molecule has 0 saturated heterocycles. The summed E-state index contributed by atoms with van der Waals surface area (Å²) in [7, 11) is 1.60. The number of halogens is 2. The second-order valence-electron chi connectivity index (χ2n) is 10.2. The number of aromatic nitrogens is 2. The van der Waals surface area contributed by atoms with Crippen molar-refractivity contribution in [3.63, 3.8) is 0 Å². The molecule has 2 aromatic carbocycles. The minimum atomic E-state index is -1.41. The molecule has 0 unspecified atom stereocenters. The molecule has 1 amide bonds. The van der Waals surface area contributed by atoms with Crippen molar-refractivity contribution < 1.29 is 33.7 Å². The summed E-state index contributed by atoms with van der Waals surface area (Å²) in [5, 5.41) is 35.7. The number of benzene rings is 2. The Labute approximate surface area is 226 Å². The van der Waals surface area contributed by atoms with Gasteiger partial charge in [0.2, 0.25) is 0 Å². The van der Waals surface area contributed by atoms with Crippen molar-refractivity contribution in [2.24, 2.45) is 0 Å². The maximum absolute atomic E-state index is 14.1. The Morgan fingerprint density at radius 1 is 1.08 bits per heavy atom. The number of aliphatic carboxylic acids is 1. The predicted octanol–water partition coefficient (Wildman–Crippen LogP) is 3.04. The summed E-state index contributed by atoms with van der Waals surface area (Å²) in [6.45, 7) is 5.62. The quantitative estimate of drug-likeness (QED) is 0.363. The summed E-state index contributed by atoms with van der Waals surface area (Å²) < 4.78 is 29.3. The van der Waals surface area contributed by atoms with Crippen LogP contribution in [0.1, 0.15) is 71.9 Å². The van der Waals surface area contributed by atoms with Crippen LogP contribution in [0.5, 0.6) is 0 Å². The lowest BCUT2D eigenvalue weighted by Crippen LogP contribution is -2.29. The van der Waals surface area contributed by atoms with Crippen LogP contribution in [-0.4, -0.2) is 56.0 Å². The Hall–Kier alpha value is -3.63. The first-order chi connectivity index (χ1) is 18.4. The number of carbonyl (C=O) groups excluding carboxylic acids is 2. The second kappa shape index (κ2) is 12.9. The number of aliphatic hydroxyl groups excluding tert-OH is 2. The summed E-state index contributed by atoms with van der Waals surface area (Å²) in [5.41, 5.74) is 3.10. The zero-order valence-corrected chi connectivity index (χ0v) is 22.5. The number of aryl methyl sites for hydroxylation is 1. The number of rotatable bonds is 12. The molecule has 10 heteroatoms. The zero-order valence-electron chi connectivity index (χ0n) is 22.5. The monoisotopic (exact) mass is 542 g/mol. The maximum Gasteiger partial charge on any atom is 0.274 e. The van der Waals surface area contributed by atoms with Gasteiger partial charge in [0.05, 0.1) is 17.9 Å². The largest absolute Gasteiger partial charge is 0.550 e. The van der Waals surface area contributed by atoms with Gasteiger partial charge >= 0.3 is 0 Å². The minimum Gasteiger partial charge on any atom is -0.550 e. The van der Waals surface area contributed by atoms with Crippen LogP contribution >= 0.6 is 0 Å². The number of aliphatic hydroxyl groups is 2. The molecule has 0 fully saturated rings. The van der Waals surface area contributed by atoms with Crippen LogP contribution in [0.25, 0.3) is 5.69 Å². The first-order valence-corrected chi connectivity index (χ1v) is 12.8. The van der Waals surface area contributed by atoms with Crippen molar-refractivity contribution in [2.75, 3.05) is 7.05 Å². The third kappa shape index (κ3) is 7.70. The molecule has 39 heavy (non-hydrogen) atoms. The summed E-state index contributed by atoms with van der Waals surface area (Å²) >= 11 is 0. The summed E-state index contributed by atoms with van der Waals surface area (Å²) in [6.07, 6.45) is -2.61. The molecule has 0 radical (unpaired) electrons. The van der Waals surface area contributed by atoms with Gasteiger partial charge in [-0.15, -0.1) is 0 Å². The Morgan fingerprint density at radius 2 is 1.74 bits per heavy atom. The average Bonchev–Trinajstić information content (AvgIpc) is 3.24. The fourth-order valence-electron chi connectivity index (χ4n) is 4.54. The highest BCUT2D eigenvalue weighted by Gasteiger charge is 2.28. The van der Waals surface area contributed by atoms with Crippen LogP contribution in [-0.2, 0) is 17.8 Å². The van der Waals surface area contributed by atoms with Crippen molar-refractivity contribution in [3.05, 3.63) is 82.2 Å². The molecular formula is C29H34F2N3O5-. The number of hydrogen-bond donors (Lipinski definition) is 2. The topological polar surface area (TPSA) is 119 Å². The van der Waals surface area contributed by atoms with Crippen molar-refractivity contribution in [1.82, 2.24) is 14.7 Å². The lowest BCUT2D eigenvalue weighted by atomic mass is 9.95. The molecule has 8 nitrogen and oxygen atoms in total. The summed E-state index contributed by atoms with van der Waals surface area (Å²) in [4.78, 5) is 25.8. The number of carboxylic acids is 1. The van der Waals surface area contributed by atoms with Gasteiger partial charge in [0.25, 0.3) is 5.91 Å². The highest BCUT2D eigenvalue weighted by Crippen LogP contribution is 2.29. The van der Waals surface area contributed by atoms with E-state index < -0.39 is 30.4 Å². The van der Waals surface area contributed by atoms with E-state index in [1.54, 1.807) is 30.8 Å². The van der Waals surface area contributed by atoms with Crippen molar-refractivity contribution >= 4 is 11.9 Å². The van der Waals surface area contributed by atoms with E-state index >= 15 is 0 Å². The normalized spacial score (nSPS) is 12.9. The molecule has 3 rings (SSSR count). The third-order valence-electron chi connectivity index (χ3n) is 6.54. The molecule has 2 atom stereocenters. The standard InChI is InChI=1S/C29H35F2N3O5/c1-17(2)27-25(12-11-22(35)14-23(36)15-26(37)38)34(21-9-7-20(30)8-10-21)32-28(27)29(39)33(4)16-19-6-5-18(3)24(31)13-19/h5-10,13,17,22-23,35-36H,11-12,14-16H2,1-4H3,(H,37,38)/p-1/t22-,23-/m1/s1. The van der Waals surface area contributed by atoms with Crippen LogP contribution < -0.4 is 5.11 Å².